The third-order valence-electron chi connectivity index (χ3n) is 7.36. The molecule has 0 aromatic heterocycles. The number of fused-ring (bicyclic) bond motifs is 1. The summed E-state index contributed by atoms with van der Waals surface area (Å²) in [6.07, 6.45) is 2.61. The fraction of sp³-hybridized carbons (Fsp3) is 0.143. The van der Waals surface area contributed by atoms with Crippen LogP contribution in [0.15, 0.2) is 103 Å². The third-order valence-corrected chi connectivity index (χ3v) is 7.36. The first-order valence-corrected chi connectivity index (χ1v) is 13.7. The molecule has 1 atom stereocenters. The summed E-state index contributed by atoms with van der Waals surface area (Å²) < 4.78 is 0. The number of carbonyl (C=O) groups is 4. The van der Waals surface area contributed by atoms with Gasteiger partial charge in [-0.3, -0.25) is 14.4 Å². The van der Waals surface area contributed by atoms with Crippen LogP contribution >= 0.6 is 0 Å². The van der Waals surface area contributed by atoms with Crippen molar-refractivity contribution in [1.29, 1.82) is 0 Å². The number of hydrogen-bond acceptors (Lipinski definition) is 5. The smallest absolute Gasteiger partial charge is 0.334 e. The average Bonchev–Trinajstić information content (AvgIpc) is 3.50. The topological polar surface area (TPSA) is 121 Å². The minimum absolute atomic E-state index is 0.196. The van der Waals surface area contributed by atoms with Gasteiger partial charge in [-0.2, -0.15) is 0 Å². The minimum atomic E-state index is -1.72. The Kier molecular flexibility index (Phi) is 8.50. The number of aliphatic hydroxyl groups excluding tert-OH is 1. The number of allylic oxidation sites excluding steroid dienone is 2. The monoisotopic (exact) mass is 559 g/mol. The molecule has 42 heavy (non-hydrogen) atoms. The summed E-state index contributed by atoms with van der Waals surface area (Å²) in [4.78, 5) is 50.4. The molecule has 1 aliphatic rings. The summed E-state index contributed by atoms with van der Waals surface area (Å²) in [5.74, 6) is -2.69. The van der Waals surface area contributed by atoms with Crippen molar-refractivity contribution in [2.24, 2.45) is 0 Å². The summed E-state index contributed by atoms with van der Waals surface area (Å²) in [6, 6.07) is 28.8. The zero-order valence-corrected chi connectivity index (χ0v) is 22.7. The van der Waals surface area contributed by atoms with Crippen LogP contribution in [-0.2, 0) is 17.6 Å². The molecule has 0 heterocycles. The Balaban J connectivity index is 1.42. The van der Waals surface area contributed by atoms with Crippen LogP contribution in [0.5, 0.6) is 0 Å². The Bertz CT molecular complexity index is 1670. The summed E-state index contributed by atoms with van der Waals surface area (Å²) in [7, 11) is 0. The van der Waals surface area contributed by atoms with Crippen LogP contribution in [0.1, 0.15) is 54.2 Å². The predicted octanol–water partition coefficient (Wildman–Crippen LogP) is 5.17. The molecule has 0 saturated heterocycles. The van der Waals surface area contributed by atoms with Gasteiger partial charge in [-0.1, -0.05) is 84.9 Å². The van der Waals surface area contributed by atoms with E-state index in [1.165, 1.54) is 41.5 Å². The number of rotatable bonds is 10. The molecule has 0 aliphatic heterocycles. The van der Waals surface area contributed by atoms with Gasteiger partial charge in [0.1, 0.15) is 0 Å². The maximum Gasteiger partial charge on any atom is 0.334 e. The maximum absolute atomic E-state index is 13.8. The lowest BCUT2D eigenvalue weighted by molar-refractivity contribution is -0.146. The van der Waals surface area contributed by atoms with Crippen LogP contribution in [0, 0.1) is 0 Å². The Morgan fingerprint density at radius 3 is 2.00 bits per heavy atom. The second kappa shape index (κ2) is 12.6. The van der Waals surface area contributed by atoms with E-state index in [9.17, 15) is 24.3 Å². The zero-order valence-electron chi connectivity index (χ0n) is 22.7. The highest BCUT2D eigenvalue weighted by molar-refractivity contribution is 6.32. The van der Waals surface area contributed by atoms with Gasteiger partial charge >= 0.3 is 5.97 Å². The van der Waals surface area contributed by atoms with E-state index in [1.807, 2.05) is 60.7 Å². The normalized spacial score (nSPS) is 13.2. The maximum atomic E-state index is 13.8. The predicted molar refractivity (Wildman–Crippen MR) is 159 cm³/mol. The first-order valence-electron chi connectivity index (χ1n) is 13.7. The lowest BCUT2D eigenvalue weighted by Crippen LogP contribution is -2.36. The highest BCUT2D eigenvalue weighted by atomic mass is 16.4. The van der Waals surface area contributed by atoms with Crippen LogP contribution in [0.3, 0.4) is 0 Å². The molecule has 210 valence electrons. The highest BCUT2D eigenvalue weighted by Crippen LogP contribution is 2.29. The molecule has 1 aliphatic carbocycles. The Morgan fingerprint density at radius 2 is 1.31 bits per heavy atom. The first-order chi connectivity index (χ1) is 20.3. The SMILES string of the molecule is O=C(/C=C(\C(=O)c1ccc(C(=O)NCC(O)C(=O)O)cc1)c1ccc2c(c1)CCC2)c1ccc(-c2ccccc2)cc1. The van der Waals surface area contributed by atoms with E-state index >= 15 is 0 Å². The number of nitrogens with one attached hydrogen (secondary N) is 1. The molecule has 3 N–H and O–H groups in total. The van der Waals surface area contributed by atoms with Crippen LogP contribution in [0.4, 0.5) is 0 Å². The number of aliphatic carboxylic acids is 1. The first kappa shape index (κ1) is 28.4. The van der Waals surface area contributed by atoms with Gasteiger partial charge in [0.25, 0.3) is 5.91 Å². The number of amides is 1. The van der Waals surface area contributed by atoms with Gasteiger partial charge in [0.05, 0.1) is 6.54 Å². The molecular formula is C35H29NO6. The Hall–Kier alpha value is -5.14. The number of carboxylic acid groups (broad SMARTS) is 1. The number of carboxylic acids is 1. The number of Topliss-reactive ketones (excluding diaryl/α,β-unsaturated/α-hetero) is 1. The standard InChI is InChI=1S/C35H29NO6/c37-31(25-12-9-24(10-13-25)22-5-2-1-3-6-22)20-30(29-18-11-23-7-4-8-28(23)19-29)33(39)26-14-16-27(17-15-26)34(40)36-21-32(38)35(41)42/h1-3,5-6,9-20,32,38H,4,7-8,21H2,(H,36,40)(H,41,42)/b30-20-. The molecule has 4 aromatic rings. The zero-order chi connectivity index (χ0) is 29.6. The van der Waals surface area contributed by atoms with E-state index in [2.05, 4.69) is 5.32 Å². The molecule has 0 radical (unpaired) electrons. The van der Waals surface area contributed by atoms with Crippen molar-refractivity contribution >= 4 is 29.0 Å². The second-order valence-electron chi connectivity index (χ2n) is 10.2. The van der Waals surface area contributed by atoms with E-state index in [-0.39, 0.29) is 28.3 Å². The lowest BCUT2D eigenvalue weighted by atomic mass is 9.92. The molecule has 7 nitrogen and oxygen atoms in total. The van der Waals surface area contributed by atoms with Crippen LogP contribution in [-0.4, -0.2) is 46.3 Å². The van der Waals surface area contributed by atoms with E-state index < -0.39 is 24.5 Å². The number of aryl methyl sites for hydroxylation is 2. The molecule has 0 bridgehead atoms. The molecule has 4 aromatic carbocycles. The molecule has 5 rings (SSSR count). The largest absolute Gasteiger partial charge is 0.479 e. The van der Waals surface area contributed by atoms with Crippen molar-refractivity contribution in [3.8, 4) is 11.1 Å². The summed E-state index contributed by atoms with van der Waals surface area (Å²) >= 11 is 0. The molecular weight excluding hydrogens is 530 g/mol. The number of carbonyl (C=O) groups excluding carboxylic acids is 3. The van der Waals surface area contributed by atoms with Gasteiger partial charge < -0.3 is 15.5 Å². The quantitative estimate of drug-likeness (QED) is 0.182. The van der Waals surface area contributed by atoms with Crippen molar-refractivity contribution in [1.82, 2.24) is 5.32 Å². The Labute approximate surface area is 243 Å². The van der Waals surface area contributed by atoms with Gasteiger partial charge in [-0.05, 0) is 65.3 Å². The second-order valence-corrected chi connectivity index (χ2v) is 10.2. The van der Waals surface area contributed by atoms with Crippen molar-refractivity contribution < 1.29 is 29.4 Å². The van der Waals surface area contributed by atoms with Crippen molar-refractivity contribution in [2.45, 2.75) is 25.4 Å². The van der Waals surface area contributed by atoms with Gasteiger partial charge in [0, 0.05) is 22.3 Å². The fourth-order valence-corrected chi connectivity index (χ4v) is 5.00. The van der Waals surface area contributed by atoms with Gasteiger partial charge in [-0.25, -0.2) is 4.79 Å². The van der Waals surface area contributed by atoms with E-state index in [1.54, 1.807) is 12.1 Å². The molecule has 0 spiro atoms. The number of benzene rings is 4. The highest BCUT2D eigenvalue weighted by Gasteiger charge is 2.21. The molecule has 1 unspecified atom stereocenters. The number of ketones is 2. The number of hydrogen-bond donors (Lipinski definition) is 3. The van der Waals surface area contributed by atoms with Crippen molar-refractivity contribution in [3.63, 3.8) is 0 Å². The van der Waals surface area contributed by atoms with Crippen LogP contribution in [0.25, 0.3) is 16.7 Å². The van der Waals surface area contributed by atoms with Crippen molar-refractivity contribution in [3.05, 3.63) is 137 Å². The molecule has 1 amide bonds. The molecule has 7 heteroatoms. The third kappa shape index (κ3) is 6.43. The van der Waals surface area contributed by atoms with E-state index in [0.717, 1.165) is 30.4 Å². The molecule has 0 saturated carbocycles. The summed E-state index contributed by atoms with van der Waals surface area (Å²) in [5, 5.41) is 20.5. The average molecular weight is 560 g/mol. The minimum Gasteiger partial charge on any atom is -0.479 e. The van der Waals surface area contributed by atoms with E-state index in [4.69, 9.17) is 5.11 Å². The van der Waals surface area contributed by atoms with Gasteiger partial charge in [0.2, 0.25) is 0 Å². The van der Waals surface area contributed by atoms with Gasteiger partial charge in [-0.15, -0.1) is 0 Å². The van der Waals surface area contributed by atoms with Crippen LogP contribution in [0.2, 0.25) is 0 Å². The fourth-order valence-electron chi connectivity index (χ4n) is 5.00. The summed E-state index contributed by atoms with van der Waals surface area (Å²) in [5.41, 5.74) is 6.28. The Morgan fingerprint density at radius 1 is 0.714 bits per heavy atom. The van der Waals surface area contributed by atoms with Crippen LogP contribution < -0.4 is 5.32 Å². The molecule has 0 fully saturated rings. The number of aliphatic hydroxyl groups is 1. The van der Waals surface area contributed by atoms with E-state index in [0.29, 0.717) is 11.1 Å². The van der Waals surface area contributed by atoms with Gasteiger partial charge in [0.15, 0.2) is 17.7 Å². The van der Waals surface area contributed by atoms with Crippen molar-refractivity contribution in [2.75, 3.05) is 6.54 Å². The lowest BCUT2D eigenvalue weighted by Gasteiger charge is -2.11. The summed E-state index contributed by atoms with van der Waals surface area (Å²) in [6.45, 7) is -0.450.